The smallest absolute Gasteiger partial charge is 0.263 e. The van der Waals surface area contributed by atoms with E-state index in [-0.39, 0.29) is 29.0 Å². The average molecular weight is 383 g/mol. The second kappa shape index (κ2) is 9.50. The molecule has 0 atom stereocenters. The van der Waals surface area contributed by atoms with Crippen LogP contribution in [-0.2, 0) is 21.2 Å². The van der Waals surface area contributed by atoms with Crippen LogP contribution in [0.4, 0.5) is 5.13 Å². The van der Waals surface area contributed by atoms with Crippen molar-refractivity contribution in [2.24, 2.45) is 0 Å². The normalized spacial score (nSPS) is 11.2. The molecule has 0 bridgehead atoms. The number of carbonyl (C=O) groups is 1. The lowest BCUT2D eigenvalue weighted by molar-refractivity contribution is -0.120. The molecule has 0 aliphatic heterocycles. The molecular formula is C16H21N3O4S2. The first-order valence-electron chi connectivity index (χ1n) is 7.91. The minimum atomic E-state index is -3.67. The Morgan fingerprint density at radius 2 is 1.92 bits per heavy atom. The Morgan fingerprint density at radius 1 is 1.16 bits per heavy atom. The summed E-state index contributed by atoms with van der Waals surface area (Å²) in [5.41, 5.74) is 0.517. The van der Waals surface area contributed by atoms with Gasteiger partial charge in [0.15, 0.2) is 5.13 Å². The molecule has 7 nitrogen and oxygen atoms in total. The summed E-state index contributed by atoms with van der Waals surface area (Å²) in [5, 5.41) is 13.4. The van der Waals surface area contributed by atoms with Crippen molar-refractivity contribution in [3.63, 3.8) is 0 Å². The van der Waals surface area contributed by atoms with Crippen molar-refractivity contribution in [2.75, 3.05) is 17.9 Å². The van der Waals surface area contributed by atoms with Gasteiger partial charge in [-0.3, -0.25) is 9.52 Å². The number of amides is 1. The number of hydrogen-bond donors (Lipinski definition) is 3. The fourth-order valence-corrected chi connectivity index (χ4v) is 4.06. The Bertz CT molecular complexity index is 776. The molecule has 0 saturated heterocycles. The van der Waals surface area contributed by atoms with E-state index >= 15 is 0 Å². The van der Waals surface area contributed by atoms with E-state index in [0.29, 0.717) is 12.2 Å². The number of nitrogens with zero attached hydrogens (tertiary/aromatic N) is 1. The molecule has 9 heteroatoms. The van der Waals surface area contributed by atoms with Gasteiger partial charge in [0, 0.05) is 18.5 Å². The van der Waals surface area contributed by atoms with Crippen LogP contribution in [0, 0.1) is 0 Å². The van der Waals surface area contributed by atoms with Crippen LogP contribution in [0.5, 0.6) is 0 Å². The van der Waals surface area contributed by atoms with Crippen LogP contribution in [0.1, 0.15) is 25.0 Å². The van der Waals surface area contributed by atoms with E-state index in [0.717, 1.165) is 30.6 Å². The van der Waals surface area contributed by atoms with Gasteiger partial charge in [-0.1, -0.05) is 18.2 Å². The third-order valence-corrected chi connectivity index (χ3v) is 5.62. The molecule has 3 N–H and O–H groups in total. The molecule has 25 heavy (non-hydrogen) atoms. The summed E-state index contributed by atoms with van der Waals surface area (Å²) in [7, 11) is -3.67. The van der Waals surface area contributed by atoms with Crippen LogP contribution in [0.2, 0.25) is 0 Å². The first-order valence-corrected chi connectivity index (χ1v) is 10.3. The van der Waals surface area contributed by atoms with Crippen molar-refractivity contribution in [3.8, 4) is 0 Å². The molecule has 0 spiro atoms. The van der Waals surface area contributed by atoms with E-state index in [2.05, 4.69) is 15.0 Å². The molecule has 0 saturated carbocycles. The van der Waals surface area contributed by atoms with E-state index in [4.69, 9.17) is 5.11 Å². The molecule has 0 radical (unpaired) electrons. The topological polar surface area (TPSA) is 108 Å². The molecule has 1 heterocycles. The summed E-state index contributed by atoms with van der Waals surface area (Å²) in [6.07, 6.45) is 2.50. The highest BCUT2D eigenvalue weighted by atomic mass is 32.2. The molecule has 0 fully saturated rings. The van der Waals surface area contributed by atoms with Gasteiger partial charge >= 0.3 is 0 Å². The number of aromatic nitrogens is 1. The van der Waals surface area contributed by atoms with Gasteiger partial charge in [-0.25, -0.2) is 13.4 Å². The van der Waals surface area contributed by atoms with Crippen molar-refractivity contribution in [1.82, 2.24) is 10.3 Å². The highest BCUT2D eigenvalue weighted by molar-refractivity contribution is 7.93. The Morgan fingerprint density at radius 3 is 2.64 bits per heavy atom. The van der Waals surface area contributed by atoms with Gasteiger partial charge in [0.05, 0.1) is 17.0 Å². The standard InChI is InChI=1S/C16H21N3O4S2/c20-10-6-2-5-9-17-15(21)11-13-12-24-16(18-13)19-25(22,23)14-7-3-1-4-8-14/h1,3-4,7-8,12,20H,2,5-6,9-11H2,(H,17,21)(H,18,19). The summed E-state index contributed by atoms with van der Waals surface area (Å²) < 4.78 is 26.9. The number of nitrogens with one attached hydrogen (secondary N) is 2. The Kier molecular flexibility index (Phi) is 7.35. The SMILES string of the molecule is O=C(Cc1csc(NS(=O)(=O)c2ccccc2)n1)NCCCCCO. The number of hydrogen-bond acceptors (Lipinski definition) is 6. The van der Waals surface area contributed by atoms with Gasteiger partial charge in [-0.15, -0.1) is 11.3 Å². The zero-order valence-electron chi connectivity index (χ0n) is 13.6. The lowest BCUT2D eigenvalue weighted by atomic mass is 10.2. The van der Waals surface area contributed by atoms with Gasteiger partial charge < -0.3 is 10.4 Å². The van der Waals surface area contributed by atoms with Gasteiger partial charge in [0.2, 0.25) is 5.91 Å². The number of aliphatic hydroxyl groups is 1. The van der Waals surface area contributed by atoms with Crippen molar-refractivity contribution < 1.29 is 18.3 Å². The van der Waals surface area contributed by atoms with Crippen LogP contribution in [0.15, 0.2) is 40.6 Å². The molecule has 1 aromatic carbocycles. The number of anilines is 1. The van der Waals surface area contributed by atoms with Gasteiger partial charge in [0.1, 0.15) is 0 Å². The molecule has 2 rings (SSSR count). The number of unbranched alkanes of at least 4 members (excludes halogenated alkanes) is 2. The fraction of sp³-hybridized carbons (Fsp3) is 0.375. The molecule has 0 unspecified atom stereocenters. The monoisotopic (exact) mass is 383 g/mol. The van der Waals surface area contributed by atoms with Gasteiger partial charge in [0.25, 0.3) is 10.0 Å². The lowest BCUT2D eigenvalue weighted by Crippen LogP contribution is -2.26. The second-order valence-corrected chi connectivity index (χ2v) is 7.91. The van der Waals surface area contributed by atoms with Crippen LogP contribution < -0.4 is 10.0 Å². The average Bonchev–Trinajstić information content (AvgIpc) is 3.01. The molecular weight excluding hydrogens is 362 g/mol. The largest absolute Gasteiger partial charge is 0.396 e. The quantitative estimate of drug-likeness (QED) is 0.542. The van der Waals surface area contributed by atoms with E-state index in [9.17, 15) is 13.2 Å². The number of sulfonamides is 1. The second-order valence-electron chi connectivity index (χ2n) is 5.37. The van der Waals surface area contributed by atoms with Crippen LogP contribution >= 0.6 is 11.3 Å². The Labute approximate surface area is 151 Å². The maximum Gasteiger partial charge on any atom is 0.263 e. The van der Waals surface area contributed by atoms with Crippen molar-refractivity contribution in [2.45, 2.75) is 30.6 Å². The summed E-state index contributed by atoms with van der Waals surface area (Å²) in [6.45, 7) is 0.713. The fourth-order valence-electron chi connectivity index (χ4n) is 2.08. The molecule has 1 amide bonds. The van der Waals surface area contributed by atoms with Crippen LogP contribution in [-0.4, -0.2) is 37.6 Å². The number of aliphatic hydroxyl groups excluding tert-OH is 1. The van der Waals surface area contributed by atoms with E-state index < -0.39 is 10.0 Å². The zero-order chi connectivity index (χ0) is 18.1. The van der Waals surface area contributed by atoms with Crippen molar-refractivity contribution in [3.05, 3.63) is 41.4 Å². The molecule has 1 aromatic heterocycles. The summed E-state index contributed by atoms with van der Waals surface area (Å²) in [5.74, 6) is -0.160. The summed E-state index contributed by atoms with van der Waals surface area (Å²) in [4.78, 5) is 16.1. The minimum Gasteiger partial charge on any atom is -0.396 e. The van der Waals surface area contributed by atoms with E-state index in [1.165, 1.54) is 12.1 Å². The lowest BCUT2D eigenvalue weighted by Gasteiger charge is -2.04. The van der Waals surface area contributed by atoms with E-state index in [1.54, 1.807) is 23.6 Å². The predicted octanol–water partition coefficient (Wildman–Crippen LogP) is 1.77. The summed E-state index contributed by atoms with van der Waals surface area (Å²) >= 11 is 1.14. The zero-order valence-corrected chi connectivity index (χ0v) is 15.3. The van der Waals surface area contributed by atoms with Gasteiger partial charge in [-0.2, -0.15) is 0 Å². The molecule has 0 aliphatic carbocycles. The van der Waals surface area contributed by atoms with E-state index in [1.807, 2.05) is 0 Å². The number of benzene rings is 1. The Hall–Kier alpha value is -1.97. The maximum atomic E-state index is 12.2. The first kappa shape index (κ1) is 19.4. The molecule has 0 aliphatic rings. The third-order valence-electron chi connectivity index (χ3n) is 3.33. The molecule has 136 valence electrons. The predicted molar refractivity (Wildman–Crippen MR) is 97.0 cm³/mol. The van der Waals surface area contributed by atoms with Crippen molar-refractivity contribution >= 4 is 32.4 Å². The number of carbonyl (C=O) groups excluding carboxylic acids is 1. The van der Waals surface area contributed by atoms with Gasteiger partial charge in [-0.05, 0) is 31.4 Å². The highest BCUT2D eigenvalue weighted by Crippen LogP contribution is 2.20. The van der Waals surface area contributed by atoms with Crippen LogP contribution in [0.25, 0.3) is 0 Å². The maximum absolute atomic E-state index is 12.2. The summed E-state index contributed by atoms with van der Waals surface area (Å²) in [6, 6.07) is 8.03. The minimum absolute atomic E-state index is 0.101. The van der Waals surface area contributed by atoms with Crippen LogP contribution in [0.3, 0.4) is 0 Å². The number of thiazole rings is 1. The number of rotatable bonds is 10. The van der Waals surface area contributed by atoms with Crippen molar-refractivity contribution in [1.29, 1.82) is 0 Å². The highest BCUT2D eigenvalue weighted by Gasteiger charge is 2.16. The Balaban J connectivity index is 1.85. The molecule has 2 aromatic rings. The third kappa shape index (κ3) is 6.45. The first-order chi connectivity index (χ1) is 12.0.